The van der Waals surface area contributed by atoms with E-state index in [-0.39, 0.29) is 16.9 Å². The molecule has 0 saturated heterocycles. The molecule has 0 saturated carbocycles. The van der Waals surface area contributed by atoms with Gasteiger partial charge >= 0.3 is 5.63 Å². The standard InChI is InChI=1S/C36H25NO4/c38-30-21-18-28-22-31(36(40)41-32(28)23-30)35(39)37-29-19-16-27(17-20-29)34(26-14-8-3-9-15-26)33(24-10-4-1-5-11-24)25-12-6-2-7-13-25/h1-23,38H,(H,37,39). The average molecular weight is 536 g/mol. The lowest BCUT2D eigenvalue weighted by Gasteiger charge is -2.18. The van der Waals surface area contributed by atoms with Crippen molar-refractivity contribution < 1.29 is 14.3 Å². The van der Waals surface area contributed by atoms with E-state index >= 15 is 0 Å². The van der Waals surface area contributed by atoms with Gasteiger partial charge in [-0.05, 0) is 63.7 Å². The van der Waals surface area contributed by atoms with E-state index in [0.717, 1.165) is 33.4 Å². The van der Waals surface area contributed by atoms with E-state index in [9.17, 15) is 14.7 Å². The van der Waals surface area contributed by atoms with Gasteiger partial charge in [-0.1, -0.05) is 103 Å². The Labute approximate surface area is 236 Å². The van der Waals surface area contributed by atoms with E-state index < -0.39 is 11.5 Å². The molecule has 5 aromatic carbocycles. The Morgan fingerprint density at radius 3 is 1.59 bits per heavy atom. The number of amides is 1. The summed E-state index contributed by atoms with van der Waals surface area (Å²) in [6.07, 6.45) is 0. The number of carbonyl (C=O) groups excluding carboxylic acids is 1. The first-order valence-electron chi connectivity index (χ1n) is 13.2. The molecule has 2 N–H and O–H groups in total. The van der Waals surface area contributed by atoms with Gasteiger partial charge in [-0.2, -0.15) is 0 Å². The third kappa shape index (κ3) is 5.42. The zero-order valence-electron chi connectivity index (χ0n) is 22.0. The summed E-state index contributed by atoms with van der Waals surface area (Å²) in [5.41, 5.74) is 6.22. The fourth-order valence-corrected chi connectivity index (χ4v) is 4.90. The zero-order valence-corrected chi connectivity index (χ0v) is 22.0. The average Bonchev–Trinajstić information content (AvgIpc) is 3.01. The van der Waals surface area contributed by atoms with E-state index in [1.54, 1.807) is 6.07 Å². The normalized spacial score (nSPS) is 10.7. The van der Waals surface area contributed by atoms with Crippen molar-refractivity contribution >= 4 is 33.7 Å². The third-order valence-corrected chi connectivity index (χ3v) is 6.83. The first kappa shape index (κ1) is 25.6. The van der Waals surface area contributed by atoms with Crippen molar-refractivity contribution in [3.63, 3.8) is 0 Å². The molecule has 0 radical (unpaired) electrons. The Kier molecular flexibility index (Phi) is 6.99. The number of phenols is 1. The molecule has 0 unspecified atom stereocenters. The Bertz CT molecular complexity index is 1880. The first-order chi connectivity index (χ1) is 20.1. The summed E-state index contributed by atoms with van der Waals surface area (Å²) in [6.45, 7) is 0. The summed E-state index contributed by atoms with van der Waals surface area (Å²) < 4.78 is 5.26. The highest BCUT2D eigenvalue weighted by Crippen LogP contribution is 2.37. The number of carbonyl (C=O) groups is 1. The molecule has 5 nitrogen and oxygen atoms in total. The van der Waals surface area contributed by atoms with Crippen LogP contribution in [0.2, 0.25) is 0 Å². The highest BCUT2D eigenvalue weighted by Gasteiger charge is 2.17. The molecule has 198 valence electrons. The fourth-order valence-electron chi connectivity index (χ4n) is 4.90. The maximum atomic E-state index is 13.0. The van der Waals surface area contributed by atoms with Crippen molar-refractivity contribution in [2.45, 2.75) is 0 Å². The zero-order chi connectivity index (χ0) is 28.2. The van der Waals surface area contributed by atoms with Crippen LogP contribution in [0, 0.1) is 0 Å². The molecule has 0 aliphatic rings. The summed E-state index contributed by atoms with van der Waals surface area (Å²) in [4.78, 5) is 25.5. The van der Waals surface area contributed by atoms with Crippen molar-refractivity contribution in [1.82, 2.24) is 0 Å². The van der Waals surface area contributed by atoms with Gasteiger partial charge in [0.2, 0.25) is 0 Å². The largest absolute Gasteiger partial charge is 0.508 e. The smallest absolute Gasteiger partial charge is 0.349 e. The Hall–Kier alpha value is -5.68. The van der Waals surface area contributed by atoms with E-state index in [2.05, 4.69) is 41.7 Å². The lowest BCUT2D eigenvalue weighted by Crippen LogP contribution is -2.20. The van der Waals surface area contributed by atoms with Gasteiger partial charge in [-0.3, -0.25) is 4.79 Å². The maximum absolute atomic E-state index is 13.0. The Balaban J connectivity index is 1.40. The lowest BCUT2D eigenvalue weighted by atomic mass is 9.86. The molecule has 1 aromatic heterocycles. The second kappa shape index (κ2) is 11.2. The Morgan fingerprint density at radius 2 is 1.07 bits per heavy atom. The molecule has 0 fully saturated rings. The predicted molar refractivity (Wildman–Crippen MR) is 163 cm³/mol. The molecule has 6 rings (SSSR count). The van der Waals surface area contributed by atoms with Gasteiger partial charge in [0.1, 0.15) is 16.9 Å². The number of hydrogen-bond donors (Lipinski definition) is 2. The van der Waals surface area contributed by atoms with Gasteiger partial charge in [-0.25, -0.2) is 4.79 Å². The summed E-state index contributed by atoms with van der Waals surface area (Å²) in [6, 6.07) is 44.3. The van der Waals surface area contributed by atoms with Crippen LogP contribution in [0.1, 0.15) is 32.6 Å². The van der Waals surface area contributed by atoms with Crippen molar-refractivity contribution in [3.8, 4) is 5.75 Å². The topological polar surface area (TPSA) is 79.5 Å². The van der Waals surface area contributed by atoms with Crippen LogP contribution < -0.4 is 10.9 Å². The second-order valence-electron chi connectivity index (χ2n) is 9.55. The lowest BCUT2D eigenvalue weighted by molar-refractivity contribution is 0.102. The SMILES string of the molecule is O=C(Nc1ccc(C(=C(c2ccccc2)c2ccccc2)c2ccccc2)cc1)c1cc2ccc(O)cc2oc1=O. The highest BCUT2D eigenvalue weighted by atomic mass is 16.4. The van der Waals surface area contributed by atoms with Crippen LogP contribution in [0.3, 0.4) is 0 Å². The minimum Gasteiger partial charge on any atom is -0.508 e. The maximum Gasteiger partial charge on any atom is 0.349 e. The van der Waals surface area contributed by atoms with E-state index in [4.69, 9.17) is 4.42 Å². The molecule has 0 aliphatic heterocycles. The van der Waals surface area contributed by atoms with Gasteiger partial charge in [0.15, 0.2) is 0 Å². The minimum absolute atomic E-state index is 0.0236. The third-order valence-electron chi connectivity index (χ3n) is 6.83. The summed E-state index contributed by atoms with van der Waals surface area (Å²) in [5.74, 6) is -0.598. The second-order valence-corrected chi connectivity index (χ2v) is 9.55. The molecule has 41 heavy (non-hydrogen) atoms. The van der Waals surface area contributed by atoms with Crippen LogP contribution in [-0.4, -0.2) is 11.0 Å². The van der Waals surface area contributed by atoms with Crippen molar-refractivity contribution in [2.24, 2.45) is 0 Å². The van der Waals surface area contributed by atoms with Crippen LogP contribution in [0.25, 0.3) is 22.1 Å². The summed E-state index contributed by atoms with van der Waals surface area (Å²) in [7, 11) is 0. The number of benzene rings is 5. The highest BCUT2D eigenvalue weighted by molar-refractivity contribution is 6.07. The van der Waals surface area contributed by atoms with Gasteiger partial charge in [0, 0.05) is 17.1 Å². The molecule has 5 heteroatoms. The minimum atomic E-state index is -0.776. The van der Waals surface area contributed by atoms with Gasteiger partial charge < -0.3 is 14.8 Å². The molecule has 0 spiro atoms. The summed E-state index contributed by atoms with van der Waals surface area (Å²) >= 11 is 0. The molecular formula is C36H25NO4. The van der Waals surface area contributed by atoms with Crippen LogP contribution in [0.15, 0.2) is 149 Å². The van der Waals surface area contributed by atoms with Crippen molar-refractivity contribution in [1.29, 1.82) is 0 Å². The van der Waals surface area contributed by atoms with Crippen molar-refractivity contribution in [2.75, 3.05) is 5.32 Å². The molecule has 0 atom stereocenters. The number of aromatic hydroxyl groups is 1. The molecule has 1 amide bonds. The number of phenolic OH excluding ortho intramolecular Hbond substituents is 1. The van der Waals surface area contributed by atoms with Crippen molar-refractivity contribution in [3.05, 3.63) is 178 Å². The van der Waals surface area contributed by atoms with Gasteiger partial charge in [0.05, 0.1) is 0 Å². The first-order valence-corrected chi connectivity index (χ1v) is 13.2. The Morgan fingerprint density at radius 1 is 0.585 bits per heavy atom. The van der Waals surface area contributed by atoms with E-state index in [1.807, 2.05) is 78.9 Å². The van der Waals surface area contributed by atoms with Crippen LogP contribution >= 0.6 is 0 Å². The number of nitrogens with one attached hydrogen (secondary N) is 1. The predicted octanol–water partition coefficient (Wildman–Crippen LogP) is 7.76. The quantitative estimate of drug-likeness (QED) is 0.169. The van der Waals surface area contributed by atoms with Gasteiger partial charge in [-0.15, -0.1) is 0 Å². The van der Waals surface area contributed by atoms with Crippen LogP contribution in [0.4, 0.5) is 5.69 Å². The number of hydrogen-bond acceptors (Lipinski definition) is 4. The fraction of sp³-hybridized carbons (Fsp3) is 0. The molecule has 6 aromatic rings. The van der Waals surface area contributed by atoms with Crippen LogP contribution in [0.5, 0.6) is 5.75 Å². The number of anilines is 1. The van der Waals surface area contributed by atoms with E-state index in [1.165, 1.54) is 18.2 Å². The van der Waals surface area contributed by atoms with Gasteiger partial charge in [0.25, 0.3) is 5.91 Å². The monoisotopic (exact) mass is 535 g/mol. The number of fused-ring (bicyclic) bond motifs is 1. The van der Waals surface area contributed by atoms with E-state index in [0.29, 0.717) is 11.1 Å². The molecule has 1 heterocycles. The molecular weight excluding hydrogens is 510 g/mol. The number of rotatable bonds is 6. The molecule has 0 aliphatic carbocycles. The van der Waals surface area contributed by atoms with Crippen LogP contribution in [-0.2, 0) is 0 Å². The summed E-state index contributed by atoms with van der Waals surface area (Å²) in [5, 5.41) is 13.0. The molecule has 0 bridgehead atoms.